The molecule has 1 heterocycles. The Morgan fingerprint density at radius 2 is 1.56 bits per heavy atom. The molecule has 3 rings (SSSR count). The van der Waals surface area contributed by atoms with Crippen LogP contribution in [-0.2, 0) is 3.42 Å². The lowest BCUT2D eigenvalue weighted by molar-refractivity contribution is 1.10. The summed E-state index contributed by atoms with van der Waals surface area (Å²) >= 11 is 2.47. The van der Waals surface area contributed by atoms with Gasteiger partial charge in [0, 0.05) is 11.8 Å². The first-order valence-corrected chi connectivity index (χ1v) is 6.28. The number of hydrogen-bond acceptors (Lipinski definition) is 1. The maximum atomic E-state index is 4.50. The molecule has 0 fully saturated rings. The number of benzene rings is 2. The van der Waals surface area contributed by atoms with Crippen molar-refractivity contribution in [2.24, 2.45) is 4.99 Å². The van der Waals surface area contributed by atoms with Gasteiger partial charge in [-0.3, -0.25) is 4.99 Å². The monoisotopic (exact) mass is 319 g/mol. The van der Waals surface area contributed by atoms with Crippen LogP contribution in [0.25, 0.3) is 0 Å². The van der Waals surface area contributed by atoms with Crippen LogP contribution in [0.5, 0.6) is 0 Å². The van der Waals surface area contributed by atoms with Gasteiger partial charge in [0.25, 0.3) is 0 Å². The number of aliphatic imine (C=N–C) groups is 1. The summed E-state index contributed by atoms with van der Waals surface area (Å²) in [5.74, 6) is 0. The molecule has 78 valence electrons. The lowest BCUT2D eigenvalue weighted by Crippen LogP contribution is -2.17. The van der Waals surface area contributed by atoms with Crippen LogP contribution in [0.3, 0.4) is 0 Å². The fourth-order valence-corrected chi connectivity index (χ4v) is 2.99. The highest BCUT2D eigenvalue weighted by Crippen LogP contribution is 2.46. The quantitative estimate of drug-likeness (QED) is 0.555. The third kappa shape index (κ3) is 1.40. The van der Waals surface area contributed by atoms with Crippen LogP contribution in [-0.4, -0.2) is 6.21 Å². The van der Waals surface area contributed by atoms with E-state index in [1.54, 1.807) is 0 Å². The smallest absolute Gasteiger partial charge is 0.109 e. The van der Waals surface area contributed by atoms with Gasteiger partial charge in [-0.1, -0.05) is 71.1 Å². The molecule has 0 saturated heterocycles. The van der Waals surface area contributed by atoms with Crippen molar-refractivity contribution in [2.45, 2.75) is 3.42 Å². The van der Waals surface area contributed by atoms with Crippen LogP contribution < -0.4 is 0 Å². The minimum absolute atomic E-state index is 0.102. The van der Waals surface area contributed by atoms with E-state index < -0.39 is 0 Å². The van der Waals surface area contributed by atoms with Gasteiger partial charge in [-0.25, -0.2) is 0 Å². The number of fused-ring (bicyclic) bond motifs is 1. The molecule has 1 nitrogen and oxygen atoms in total. The van der Waals surface area contributed by atoms with E-state index in [0.717, 1.165) is 5.69 Å². The summed E-state index contributed by atoms with van der Waals surface area (Å²) in [5, 5.41) is 0. The van der Waals surface area contributed by atoms with Crippen molar-refractivity contribution >= 4 is 34.5 Å². The number of halogens is 1. The molecule has 1 atom stereocenters. The Morgan fingerprint density at radius 1 is 0.875 bits per heavy atom. The van der Waals surface area contributed by atoms with Crippen LogP contribution in [0.1, 0.15) is 11.1 Å². The summed E-state index contributed by atoms with van der Waals surface area (Å²) in [6.07, 6.45) is 2.04. The standard InChI is InChI=1S/C14H10IN/c15-14(11-6-2-1-3-7-11)10-16-13-9-5-4-8-12(13)14/h1-10H. The molecule has 0 N–H and O–H groups in total. The Labute approximate surface area is 108 Å². The summed E-state index contributed by atoms with van der Waals surface area (Å²) in [6, 6.07) is 18.8. The highest BCUT2D eigenvalue weighted by molar-refractivity contribution is 14.1. The average molecular weight is 319 g/mol. The molecule has 2 aromatic carbocycles. The zero-order chi connectivity index (χ0) is 11.0. The normalized spacial score (nSPS) is 22.1. The molecule has 0 aromatic heterocycles. The van der Waals surface area contributed by atoms with Gasteiger partial charge in [0.2, 0.25) is 0 Å². The van der Waals surface area contributed by atoms with Crippen molar-refractivity contribution in [3.63, 3.8) is 0 Å². The largest absolute Gasteiger partial charge is 0.259 e. The molecule has 16 heavy (non-hydrogen) atoms. The van der Waals surface area contributed by atoms with Crippen LogP contribution in [0.2, 0.25) is 0 Å². The molecular weight excluding hydrogens is 309 g/mol. The van der Waals surface area contributed by atoms with Crippen molar-refractivity contribution in [3.8, 4) is 0 Å². The Hall–Kier alpha value is -1.16. The summed E-state index contributed by atoms with van der Waals surface area (Å²) in [5.41, 5.74) is 3.65. The van der Waals surface area contributed by atoms with Gasteiger partial charge in [-0.2, -0.15) is 0 Å². The molecule has 2 heteroatoms. The third-order valence-electron chi connectivity index (χ3n) is 2.87. The summed E-state index contributed by atoms with van der Waals surface area (Å²) in [6.45, 7) is 0. The molecule has 0 saturated carbocycles. The minimum atomic E-state index is -0.102. The molecule has 1 aliphatic rings. The van der Waals surface area contributed by atoms with E-state index in [1.807, 2.05) is 18.3 Å². The third-order valence-corrected chi connectivity index (χ3v) is 4.35. The van der Waals surface area contributed by atoms with Gasteiger partial charge >= 0.3 is 0 Å². The fraction of sp³-hybridized carbons (Fsp3) is 0.0714. The fourth-order valence-electron chi connectivity index (χ4n) is 2.03. The van der Waals surface area contributed by atoms with Crippen molar-refractivity contribution < 1.29 is 0 Å². The number of para-hydroxylation sites is 1. The minimum Gasteiger partial charge on any atom is -0.259 e. The first-order valence-electron chi connectivity index (χ1n) is 5.20. The average Bonchev–Trinajstić information content (AvgIpc) is 2.71. The van der Waals surface area contributed by atoms with Crippen molar-refractivity contribution in [2.75, 3.05) is 0 Å². The summed E-state index contributed by atoms with van der Waals surface area (Å²) in [7, 11) is 0. The first-order chi connectivity index (χ1) is 7.81. The molecular formula is C14H10IN. The predicted molar refractivity (Wildman–Crippen MR) is 75.8 cm³/mol. The van der Waals surface area contributed by atoms with Crippen molar-refractivity contribution in [1.82, 2.24) is 0 Å². The van der Waals surface area contributed by atoms with Crippen LogP contribution >= 0.6 is 22.6 Å². The van der Waals surface area contributed by atoms with Crippen LogP contribution in [0, 0.1) is 0 Å². The molecule has 0 aliphatic carbocycles. The zero-order valence-electron chi connectivity index (χ0n) is 8.60. The first kappa shape index (κ1) is 10.0. The van der Waals surface area contributed by atoms with Crippen molar-refractivity contribution in [1.29, 1.82) is 0 Å². The lowest BCUT2D eigenvalue weighted by Gasteiger charge is -2.20. The van der Waals surface area contributed by atoms with E-state index in [2.05, 4.69) is 70.0 Å². The lowest BCUT2D eigenvalue weighted by atomic mass is 9.93. The van der Waals surface area contributed by atoms with E-state index in [0.29, 0.717) is 0 Å². The zero-order valence-corrected chi connectivity index (χ0v) is 10.8. The van der Waals surface area contributed by atoms with E-state index in [9.17, 15) is 0 Å². The number of hydrogen-bond donors (Lipinski definition) is 0. The molecule has 0 bridgehead atoms. The van der Waals surface area contributed by atoms with Gasteiger partial charge in [0.05, 0.1) is 5.69 Å². The Kier molecular flexibility index (Phi) is 2.32. The Morgan fingerprint density at radius 3 is 2.38 bits per heavy atom. The van der Waals surface area contributed by atoms with E-state index in [1.165, 1.54) is 11.1 Å². The van der Waals surface area contributed by atoms with Crippen molar-refractivity contribution in [3.05, 3.63) is 65.7 Å². The van der Waals surface area contributed by atoms with Gasteiger partial charge in [-0.15, -0.1) is 0 Å². The topological polar surface area (TPSA) is 12.4 Å². The highest BCUT2D eigenvalue weighted by atomic mass is 127. The second-order valence-corrected chi connectivity index (χ2v) is 5.55. The van der Waals surface area contributed by atoms with Crippen LogP contribution in [0.4, 0.5) is 5.69 Å². The van der Waals surface area contributed by atoms with Gasteiger partial charge in [0.1, 0.15) is 3.42 Å². The number of nitrogens with zero attached hydrogens (tertiary/aromatic N) is 1. The van der Waals surface area contributed by atoms with E-state index in [4.69, 9.17) is 0 Å². The molecule has 1 aliphatic heterocycles. The molecule has 0 radical (unpaired) electrons. The maximum absolute atomic E-state index is 4.50. The molecule has 0 amide bonds. The molecule has 2 aromatic rings. The highest BCUT2D eigenvalue weighted by Gasteiger charge is 2.34. The summed E-state index contributed by atoms with van der Waals surface area (Å²) < 4.78 is -0.102. The van der Waals surface area contributed by atoms with E-state index in [-0.39, 0.29) is 3.42 Å². The van der Waals surface area contributed by atoms with Crippen LogP contribution in [0.15, 0.2) is 59.6 Å². The Bertz CT molecular complexity index is 548. The second kappa shape index (κ2) is 3.70. The van der Waals surface area contributed by atoms with E-state index >= 15 is 0 Å². The maximum Gasteiger partial charge on any atom is 0.109 e. The predicted octanol–water partition coefficient (Wildman–Crippen LogP) is 4.08. The second-order valence-electron chi connectivity index (χ2n) is 3.85. The molecule has 0 spiro atoms. The van der Waals surface area contributed by atoms with Gasteiger partial charge in [0.15, 0.2) is 0 Å². The molecule has 1 unspecified atom stereocenters. The summed E-state index contributed by atoms with van der Waals surface area (Å²) in [4.78, 5) is 4.50. The number of alkyl halides is 1. The Balaban J connectivity index is 2.19. The number of rotatable bonds is 1. The van der Waals surface area contributed by atoms with Gasteiger partial charge < -0.3 is 0 Å². The SMILES string of the molecule is IC1(c2ccccc2)C=Nc2ccccc21. The van der Waals surface area contributed by atoms with Gasteiger partial charge in [-0.05, 0) is 11.6 Å².